The van der Waals surface area contributed by atoms with Crippen molar-refractivity contribution in [1.29, 1.82) is 0 Å². The Morgan fingerprint density at radius 1 is 1.24 bits per heavy atom. The number of thiocarbonyl (C=S) groups is 1. The molecular weight excluding hydrogens is 355 g/mol. The molecule has 0 aliphatic carbocycles. The van der Waals surface area contributed by atoms with Gasteiger partial charge in [0, 0.05) is 0 Å². The molecular formula is C16H14F3N3O2S. The number of hydrazone groups is 1. The second-order valence-electron chi connectivity index (χ2n) is 4.80. The van der Waals surface area contributed by atoms with Gasteiger partial charge in [0.15, 0.2) is 16.6 Å². The Labute approximate surface area is 147 Å². The van der Waals surface area contributed by atoms with Crippen molar-refractivity contribution in [1.82, 2.24) is 5.43 Å². The summed E-state index contributed by atoms with van der Waals surface area (Å²) in [6, 6.07) is 9.57. The van der Waals surface area contributed by atoms with Crippen LogP contribution >= 0.6 is 12.2 Å². The standard InChI is InChI=1S/C16H14F3N3O2S/c1-24-14-7-6-10(8-13(14)23)9-20-22-15(25)21-12-5-3-2-4-11(12)16(17,18)19/h2-9,23H,1H3,(H2,21,22,25)/b20-9+. The maximum atomic E-state index is 12.9. The Hall–Kier alpha value is -2.81. The Morgan fingerprint density at radius 2 is 1.96 bits per heavy atom. The number of para-hydroxylation sites is 1. The van der Waals surface area contributed by atoms with E-state index < -0.39 is 11.7 Å². The van der Waals surface area contributed by atoms with Crippen LogP contribution in [0.1, 0.15) is 11.1 Å². The van der Waals surface area contributed by atoms with Crippen molar-refractivity contribution in [2.45, 2.75) is 6.18 Å². The highest BCUT2D eigenvalue weighted by molar-refractivity contribution is 7.80. The Morgan fingerprint density at radius 3 is 2.60 bits per heavy atom. The van der Waals surface area contributed by atoms with Crippen LogP contribution in [-0.2, 0) is 6.18 Å². The van der Waals surface area contributed by atoms with E-state index in [-0.39, 0.29) is 16.5 Å². The fraction of sp³-hybridized carbons (Fsp3) is 0.125. The van der Waals surface area contributed by atoms with Crippen LogP contribution in [0.15, 0.2) is 47.6 Å². The molecule has 0 bridgehead atoms. The number of ether oxygens (including phenoxy) is 1. The summed E-state index contributed by atoms with van der Waals surface area (Å²) in [6.45, 7) is 0. The van der Waals surface area contributed by atoms with Gasteiger partial charge in [-0.3, -0.25) is 5.43 Å². The van der Waals surface area contributed by atoms with Gasteiger partial charge in [-0.05, 0) is 48.1 Å². The minimum absolute atomic E-state index is 0.0637. The number of anilines is 1. The van der Waals surface area contributed by atoms with Crippen LogP contribution in [0.25, 0.3) is 0 Å². The predicted octanol–water partition coefficient (Wildman–Crippen LogP) is 3.74. The molecule has 2 aromatic carbocycles. The van der Waals surface area contributed by atoms with Crippen LogP contribution < -0.4 is 15.5 Å². The third kappa shape index (κ3) is 5.08. The van der Waals surface area contributed by atoms with E-state index in [4.69, 9.17) is 17.0 Å². The average Bonchev–Trinajstić information content (AvgIpc) is 2.54. The number of aromatic hydroxyl groups is 1. The molecule has 132 valence electrons. The number of phenolic OH excluding ortho intramolecular Hbond substituents is 1. The van der Waals surface area contributed by atoms with Gasteiger partial charge >= 0.3 is 6.18 Å². The number of phenols is 1. The Bertz CT molecular complexity index is 794. The fourth-order valence-corrected chi connectivity index (χ4v) is 2.10. The first-order valence-corrected chi connectivity index (χ1v) is 7.35. The molecule has 2 rings (SSSR count). The smallest absolute Gasteiger partial charge is 0.418 e. The molecule has 5 nitrogen and oxygen atoms in total. The van der Waals surface area contributed by atoms with Crippen molar-refractivity contribution in [2.75, 3.05) is 12.4 Å². The van der Waals surface area contributed by atoms with E-state index in [0.29, 0.717) is 11.3 Å². The van der Waals surface area contributed by atoms with Gasteiger partial charge in [0.25, 0.3) is 0 Å². The maximum absolute atomic E-state index is 12.9. The van der Waals surface area contributed by atoms with Crippen LogP contribution in [0, 0.1) is 0 Å². The summed E-state index contributed by atoms with van der Waals surface area (Å²) >= 11 is 4.93. The fourth-order valence-electron chi connectivity index (χ4n) is 1.94. The lowest BCUT2D eigenvalue weighted by molar-refractivity contribution is -0.136. The molecule has 0 heterocycles. The van der Waals surface area contributed by atoms with E-state index in [1.807, 2.05) is 0 Å². The van der Waals surface area contributed by atoms with Gasteiger partial charge in [-0.1, -0.05) is 12.1 Å². The van der Waals surface area contributed by atoms with E-state index in [1.54, 1.807) is 12.1 Å². The topological polar surface area (TPSA) is 65.9 Å². The maximum Gasteiger partial charge on any atom is 0.418 e. The number of halogens is 3. The second kappa shape index (κ2) is 7.84. The highest BCUT2D eigenvalue weighted by atomic mass is 32.1. The second-order valence-corrected chi connectivity index (χ2v) is 5.21. The number of benzene rings is 2. The van der Waals surface area contributed by atoms with Crippen molar-refractivity contribution in [3.05, 3.63) is 53.6 Å². The van der Waals surface area contributed by atoms with Gasteiger partial charge in [-0.15, -0.1) is 0 Å². The van der Waals surface area contributed by atoms with Crippen molar-refractivity contribution in [3.63, 3.8) is 0 Å². The van der Waals surface area contributed by atoms with Crippen molar-refractivity contribution < 1.29 is 23.0 Å². The number of nitrogens with one attached hydrogen (secondary N) is 2. The first-order valence-electron chi connectivity index (χ1n) is 6.94. The minimum Gasteiger partial charge on any atom is -0.504 e. The summed E-state index contributed by atoms with van der Waals surface area (Å²) in [5, 5.41) is 15.8. The molecule has 0 saturated carbocycles. The molecule has 3 N–H and O–H groups in total. The molecule has 2 aromatic rings. The van der Waals surface area contributed by atoms with Gasteiger partial charge in [-0.2, -0.15) is 18.3 Å². The van der Waals surface area contributed by atoms with E-state index in [2.05, 4.69) is 15.8 Å². The number of hydrogen-bond acceptors (Lipinski definition) is 4. The van der Waals surface area contributed by atoms with Gasteiger partial charge in [0.2, 0.25) is 0 Å². The van der Waals surface area contributed by atoms with E-state index in [0.717, 1.165) is 6.07 Å². The third-order valence-corrected chi connectivity index (χ3v) is 3.26. The summed E-state index contributed by atoms with van der Waals surface area (Å²) in [5.41, 5.74) is 1.96. The molecule has 0 unspecified atom stereocenters. The number of hydrogen-bond donors (Lipinski definition) is 3. The predicted molar refractivity (Wildman–Crippen MR) is 93.1 cm³/mol. The summed E-state index contributed by atoms with van der Waals surface area (Å²) in [4.78, 5) is 0. The summed E-state index contributed by atoms with van der Waals surface area (Å²) in [5.74, 6) is 0.248. The molecule has 0 aliphatic rings. The number of methoxy groups -OCH3 is 1. The van der Waals surface area contributed by atoms with Crippen molar-refractivity contribution >= 4 is 29.2 Å². The van der Waals surface area contributed by atoms with Crippen LogP contribution in [-0.4, -0.2) is 23.5 Å². The first kappa shape index (κ1) is 18.5. The molecule has 0 radical (unpaired) electrons. The van der Waals surface area contributed by atoms with Crippen LogP contribution in [0.3, 0.4) is 0 Å². The van der Waals surface area contributed by atoms with Crippen LogP contribution in [0.5, 0.6) is 11.5 Å². The molecule has 0 amide bonds. The van der Waals surface area contributed by atoms with Gasteiger partial charge < -0.3 is 15.2 Å². The molecule has 0 spiro atoms. The molecule has 25 heavy (non-hydrogen) atoms. The lowest BCUT2D eigenvalue weighted by Gasteiger charge is -2.14. The monoisotopic (exact) mass is 369 g/mol. The minimum atomic E-state index is -4.50. The molecule has 0 saturated heterocycles. The highest BCUT2D eigenvalue weighted by Gasteiger charge is 2.33. The third-order valence-electron chi connectivity index (χ3n) is 3.06. The largest absolute Gasteiger partial charge is 0.504 e. The Balaban J connectivity index is 2.01. The highest BCUT2D eigenvalue weighted by Crippen LogP contribution is 2.34. The molecule has 0 atom stereocenters. The number of nitrogens with zero attached hydrogens (tertiary/aromatic N) is 1. The van der Waals surface area contributed by atoms with Crippen LogP contribution in [0.2, 0.25) is 0 Å². The zero-order valence-electron chi connectivity index (χ0n) is 13.0. The van der Waals surface area contributed by atoms with Gasteiger partial charge in [0.05, 0.1) is 24.6 Å². The average molecular weight is 369 g/mol. The molecule has 9 heteroatoms. The van der Waals surface area contributed by atoms with Gasteiger partial charge in [0.1, 0.15) is 0 Å². The lowest BCUT2D eigenvalue weighted by Crippen LogP contribution is -2.25. The normalized spacial score (nSPS) is 11.4. The first-order chi connectivity index (χ1) is 11.8. The SMILES string of the molecule is COc1ccc(/C=N/NC(=S)Nc2ccccc2C(F)(F)F)cc1O. The summed E-state index contributed by atoms with van der Waals surface area (Å²) in [7, 11) is 1.42. The summed E-state index contributed by atoms with van der Waals surface area (Å²) < 4.78 is 43.6. The summed E-state index contributed by atoms with van der Waals surface area (Å²) in [6.07, 6.45) is -3.15. The quantitative estimate of drug-likeness (QED) is 0.435. The van der Waals surface area contributed by atoms with E-state index in [1.165, 1.54) is 37.6 Å². The molecule has 0 aromatic heterocycles. The lowest BCUT2D eigenvalue weighted by atomic mass is 10.2. The van der Waals surface area contributed by atoms with Gasteiger partial charge in [-0.25, -0.2) is 0 Å². The zero-order chi connectivity index (χ0) is 18.4. The van der Waals surface area contributed by atoms with Crippen molar-refractivity contribution in [2.24, 2.45) is 5.10 Å². The molecule has 0 fully saturated rings. The van der Waals surface area contributed by atoms with E-state index in [9.17, 15) is 18.3 Å². The molecule has 0 aliphatic heterocycles. The van der Waals surface area contributed by atoms with Crippen LogP contribution in [0.4, 0.5) is 18.9 Å². The van der Waals surface area contributed by atoms with Crippen molar-refractivity contribution in [3.8, 4) is 11.5 Å². The number of rotatable bonds is 4. The number of alkyl halides is 3. The zero-order valence-corrected chi connectivity index (χ0v) is 13.8. The Kier molecular flexibility index (Phi) is 5.81. The van der Waals surface area contributed by atoms with E-state index >= 15 is 0 Å².